The molecule has 2 aliphatic rings. The molecule has 5 rings (SSSR count). The topological polar surface area (TPSA) is 52.6 Å². The highest BCUT2D eigenvalue weighted by atomic mass is 16.5. The van der Waals surface area contributed by atoms with Gasteiger partial charge in [0.05, 0.1) is 12.7 Å². The highest BCUT2D eigenvalue weighted by molar-refractivity contribution is 5.98. The summed E-state index contributed by atoms with van der Waals surface area (Å²) in [5.41, 5.74) is 3.47. The molecule has 33 heavy (non-hydrogen) atoms. The molecule has 0 aromatic heterocycles. The lowest BCUT2D eigenvalue weighted by Crippen LogP contribution is -2.34. The number of hydrogen-bond donors (Lipinski definition) is 0. The van der Waals surface area contributed by atoms with Gasteiger partial charge in [0.25, 0.3) is 0 Å². The molecule has 3 aromatic rings. The van der Waals surface area contributed by atoms with Crippen molar-refractivity contribution in [3.05, 3.63) is 95.1 Å². The molecule has 2 saturated carbocycles. The third-order valence-electron chi connectivity index (χ3n) is 7.54. The maximum Gasteiger partial charge on any atom is 0.343 e. The Morgan fingerprint density at radius 3 is 2.03 bits per heavy atom. The third-order valence-corrected chi connectivity index (χ3v) is 7.54. The molecule has 2 fully saturated rings. The molecule has 0 amide bonds. The van der Waals surface area contributed by atoms with Crippen LogP contribution < -0.4 is 9.47 Å². The molecule has 3 unspecified atom stereocenters. The zero-order chi connectivity index (χ0) is 23.0. The number of fused-ring (bicyclic) bond motifs is 2. The van der Waals surface area contributed by atoms with E-state index in [0.29, 0.717) is 22.8 Å². The van der Waals surface area contributed by atoms with Gasteiger partial charge in [0.2, 0.25) is 0 Å². The number of methoxy groups -OCH3 is 1. The molecule has 168 valence electrons. The van der Waals surface area contributed by atoms with Crippen LogP contribution in [0.2, 0.25) is 0 Å². The second-order valence-corrected chi connectivity index (χ2v) is 9.33. The number of benzene rings is 3. The van der Waals surface area contributed by atoms with Gasteiger partial charge in [-0.05, 0) is 85.5 Å². The van der Waals surface area contributed by atoms with Crippen LogP contribution in [0.25, 0.3) is 0 Å². The highest BCUT2D eigenvalue weighted by Crippen LogP contribution is 2.60. The fraction of sp³-hybridized carbons (Fsp3) is 0.310. The smallest absolute Gasteiger partial charge is 0.343 e. The molecule has 0 heterocycles. The fourth-order valence-electron chi connectivity index (χ4n) is 5.94. The van der Waals surface area contributed by atoms with Crippen molar-refractivity contribution in [3.63, 3.8) is 0 Å². The van der Waals surface area contributed by atoms with Crippen molar-refractivity contribution in [2.45, 2.75) is 38.0 Å². The lowest BCUT2D eigenvalue weighted by atomic mass is 9.64. The maximum atomic E-state index is 12.6. The van der Waals surface area contributed by atoms with Crippen LogP contribution in [0, 0.1) is 11.8 Å². The summed E-state index contributed by atoms with van der Waals surface area (Å²) >= 11 is 0. The first-order valence-corrected chi connectivity index (χ1v) is 11.6. The van der Waals surface area contributed by atoms with E-state index in [0.717, 1.165) is 18.1 Å². The minimum absolute atomic E-state index is 0.00640. The SMILES string of the molecule is COc1ccc(C2(c3ccc(OC(=O)c4cccc(C(C)=O)c4)cc3)CC3CCC2C3)cc1. The van der Waals surface area contributed by atoms with Gasteiger partial charge in [-0.15, -0.1) is 0 Å². The summed E-state index contributed by atoms with van der Waals surface area (Å²) < 4.78 is 11.0. The second-order valence-electron chi connectivity index (χ2n) is 9.33. The molecular weight excluding hydrogens is 412 g/mol. The number of rotatable bonds is 6. The van der Waals surface area contributed by atoms with Crippen molar-refractivity contribution in [3.8, 4) is 11.5 Å². The molecule has 0 radical (unpaired) electrons. The second kappa shape index (κ2) is 8.51. The maximum absolute atomic E-state index is 12.6. The third kappa shape index (κ3) is 3.84. The van der Waals surface area contributed by atoms with E-state index in [1.54, 1.807) is 31.4 Å². The number of Topliss-reactive ketones (excluding diaryl/α,β-unsaturated/α-hetero) is 1. The van der Waals surface area contributed by atoms with Crippen molar-refractivity contribution in [1.29, 1.82) is 0 Å². The van der Waals surface area contributed by atoms with Crippen LogP contribution >= 0.6 is 0 Å². The molecular formula is C29H28O4. The summed E-state index contributed by atoms with van der Waals surface area (Å²) in [4.78, 5) is 24.3. The van der Waals surface area contributed by atoms with E-state index >= 15 is 0 Å². The van der Waals surface area contributed by atoms with Crippen LogP contribution in [0.5, 0.6) is 11.5 Å². The van der Waals surface area contributed by atoms with E-state index in [1.807, 2.05) is 24.3 Å². The van der Waals surface area contributed by atoms with Crippen molar-refractivity contribution in [2.75, 3.05) is 7.11 Å². The van der Waals surface area contributed by atoms with E-state index < -0.39 is 5.97 Å². The highest BCUT2D eigenvalue weighted by Gasteiger charge is 2.52. The average Bonchev–Trinajstić information content (AvgIpc) is 3.47. The predicted molar refractivity (Wildman–Crippen MR) is 127 cm³/mol. The molecule has 3 atom stereocenters. The summed E-state index contributed by atoms with van der Waals surface area (Å²) in [6.07, 6.45) is 4.99. The van der Waals surface area contributed by atoms with Crippen molar-refractivity contribution >= 4 is 11.8 Å². The van der Waals surface area contributed by atoms with Crippen molar-refractivity contribution in [1.82, 2.24) is 0 Å². The van der Waals surface area contributed by atoms with Gasteiger partial charge in [-0.2, -0.15) is 0 Å². The average molecular weight is 441 g/mol. The molecule has 3 aromatic carbocycles. The van der Waals surface area contributed by atoms with E-state index in [2.05, 4.69) is 24.3 Å². The molecule has 0 saturated heterocycles. The van der Waals surface area contributed by atoms with Gasteiger partial charge in [0.15, 0.2) is 5.78 Å². The number of ketones is 1. The Morgan fingerprint density at radius 2 is 1.48 bits per heavy atom. The molecule has 0 N–H and O–H groups in total. The largest absolute Gasteiger partial charge is 0.497 e. The molecule has 2 bridgehead atoms. The molecule has 2 aliphatic carbocycles. The normalized spacial score (nSPS) is 23.3. The van der Waals surface area contributed by atoms with Gasteiger partial charge >= 0.3 is 5.97 Å². The summed E-state index contributed by atoms with van der Waals surface area (Å²) in [5.74, 6) is 2.22. The predicted octanol–water partition coefficient (Wildman–Crippen LogP) is 6.22. The van der Waals surface area contributed by atoms with Crippen LogP contribution in [0.3, 0.4) is 0 Å². The number of hydrogen-bond acceptors (Lipinski definition) is 4. The van der Waals surface area contributed by atoms with Gasteiger partial charge in [0.1, 0.15) is 11.5 Å². The van der Waals surface area contributed by atoms with Crippen molar-refractivity contribution in [2.24, 2.45) is 11.8 Å². The molecule has 0 spiro atoms. The standard InChI is InChI=1S/C29H28O4/c1-19(30)21-4-3-5-22(17-21)28(31)33-27-14-10-24(11-15-27)29(18-20-6-7-25(29)16-20)23-8-12-26(32-2)13-9-23/h3-5,8-15,17,20,25H,6-7,16,18H2,1-2H3. The van der Waals surface area contributed by atoms with Crippen LogP contribution in [0.1, 0.15) is 64.4 Å². The Kier molecular flexibility index (Phi) is 5.53. The van der Waals surface area contributed by atoms with Crippen molar-refractivity contribution < 1.29 is 19.1 Å². The van der Waals surface area contributed by atoms with Gasteiger partial charge in [0, 0.05) is 11.0 Å². The van der Waals surface area contributed by atoms with Crippen LogP contribution in [-0.2, 0) is 5.41 Å². The number of ether oxygens (including phenoxy) is 2. The lowest BCUT2D eigenvalue weighted by Gasteiger charge is -2.39. The zero-order valence-corrected chi connectivity index (χ0v) is 19.0. The van der Waals surface area contributed by atoms with E-state index in [-0.39, 0.29) is 11.2 Å². The molecule has 4 nitrogen and oxygen atoms in total. The van der Waals surface area contributed by atoms with Gasteiger partial charge in [-0.3, -0.25) is 4.79 Å². The first kappa shape index (κ1) is 21.4. The van der Waals surface area contributed by atoms with E-state index in [1.165, 1.54) is 37.3 Å². The summed E-state index contributed by atoms with van der Waals surface area (Å²) in [6.45, 7) is 1.48. The monoisotopic (exact) mass is 440 g/mol. The summed E-state index contributed by atoms with van der Waals surface area (Å²) in [6, 6.07) is 23.1. The van der Waals surface area contributed by atoms with Crippen LogP contribution in [0.4, 0.5) is 0 Å². The van der Waals surface area contributed by atoms with Gasteiger partial charge in [-0.25, -0.2) is 4.79 Å². The lowest BCUT2D eigenvalue weighted by molar-refractivity contribution is 0.0734. The van der Waals surface area contributed by atoms with Crippen LogP contribution in [-0.4, -0.2) is 18.9 Å². The summed E-state index contributed by atoms with van der Waals surface area (Å²) in [5, 5.41) is 0. The zero-order valence-electron chi connectivity index (χ0n) is 19.0. The fourth-order valence-corrected chi connectivity index (χ4v) is 5.94. The quantitative estimate of drug-likeness (QED) is 0.259. The number of carbonyl (C=O) groups excluding carboxylic acids is 2. The summed E-state index contributed by atoms with van der Waals surface area (Å²) in [7, 11) is 1.69. The Balaban J connectivity index is 1.41. The minimum Gasteiger partial charge on any atom is -0.497 e. The Labute approximate surface area is 194 Å². The Hall–Kier alpha value is -3.40. The van der Waals surface area contributed by atoms with Gasteiger partial charge < -0.3 is 9.47 Å². The first-order valence-electron chi connectivity index (χ1n) is 11.6. The van der Waals surface area contributed by atoms with E-state index in [4.69, 9.17) is 9.47 Å². The van der Waals surface area contributed by atoms with Gasteiger partial charge in [-0.1, -0.05) is 42.8 Å². The van der Waals surface area contributed by atoms with Crippen LogP contribution in [0.15, 0.2) is 72.8 Å². The number of carbonyl (C=O) groups is 2. The Bertz CT molecular complexity index is 1180. The molecule has 0 aliphatic heterocycles. The Morgan fingerprint density at radius 1 is 0.848 bits per heavy atom. The minimum atomic E-state index is -0.462. The number of esters is 1. The van der Waals surface area contributed by atoms with E-state index in [9.17, 15) is 9.59 Å². The molecule has 4 heteroatoms. The first-order chi connectivity index (χ1) is 16.0.